The maximum Gasteiger partial charge on any atom is 0.181 e. The molecular formula is C20H20O4S. The van der Waals surface area contributed by atoms with Crippen LogP contribution in [0.15, 0.2) is 77.1 Å². The van der Waals surface area contributed by atoms with Crippen LogP contribution in [0, 0.1) is 6.92 Å². The number of hydrogen-bond acceptors (Lipinski definition) is 4. The third-order valence-corrected chi connectivity index (χ3v) is 5.04. The number of ether oxygens (including phenoxy) is 2. The largest absolute Gasteiger partial charge is 0.482 e. The lowest BCUT2D eigenvalue weighted by Gasteiger charge is -2.25. The van der Waals surface area contributed by atoms with Crippen LogP contribution in [0.3, 0.4) is 0 Å². The molecule has 0 saturated heterocycles. The molecule has 1 aliphatic rings. The molecule has 3 rings (SSSR count). The van der Waals surface area contributed by atoms with Gasteiger partial charge < -0.3 is 9.47 Å². The second-order valence-corrected chi connectivity index (χ2v) is 8.12. The zero-order chi connectivity index (χ0) is 18.0. The third kappa shape index (κ3) is 4.12. The first-order valence-electron chi connectivity index (χ1n) is 7.92. The highest BCUT2D eigenvalue weighted by Gasteiger charge is 2.24. The van der Waals surface area contributed by atoms with E-state index in [4.69, 9.17) is 9.47 Å². The third-order valence-electron chi connectivity index (χ3n) is 3.91. The number of allylic oxidation sites excluding steroid dienone is 3. The van der Waals surface area contributed by atoms with Crippen molar-refractivity contribution >= 4 is 9.84 Å². The predicted octanol–water partition coefficient (Wildman–Crippen LogP) is 4.34. The molecule has 0 fully saturated rings. The van der Waals surface area contributed by atoms with Gasteiger partial charge in [-0.1, -0.05) is 29.8 Å². The fourth-order valence-corrected chi connectivity index (χ4v) is 3.15. The number of benzene rings is 2. The molecule has 0 spiro atoms. The van der Waals surface area contributed by atoms with E-state index in [2.05, 4.69) is 0 Å². The molecule has 0 saturated carbocycles. The van der Waals surface area contributed by atoms with Crippen molar-refractivity contribution in [3.63, 3.8) is 0 Å². The molecule has 1 aliphatic heterocycles. The zero-order valence-electron chi connectivity index (χ0n) is 14.4. The summed E-state index contributed by atoms with van der Waals surface area (Å²) in [5.74, 6) is 2.15. The highest BCUT2D eigenvalue weighted by molar-refractivity contribution is 7.90. The Balaban J connectivity index is 1.89. The summed E-state index contributed by atoms with van der Waals surface area (Å²) in [5.41, 5.74) is 1.99. The molecule has 0 amide bonds. The summed E-state index contributed by atoms with van der Waals surface area (Å²) in [5, 5.41) is 0. The molecule has 5 heteroatoms. The van der Waals surface area contributed by atoms with Gasteiger partial charge in [-0.05, 0) is 50.3 Å². The van der Waals surface area contributed by atoms with Crippen molar-refractivity contribution in [2.24, 2.45) is 0 Å². The van der Waals surface area contributed by atoms with E-state index in [1.807, 2.05) is 50.3 Å². The summed E-state index contributed by atoms with van der Waals surface area (Å²) in [6.45, 7) is 3.89. The highest BCUT2D eigenvalue weighted by atomic mass is 32.2. The minimum atomic E-state index is -3.23. The van der Waals surface area contributed by atoms with Gasteiger partial charge in [-0.2, -0.15) is 0 Å². The van der Waals surface area contributed by atoms with Crippen LogP contribution >= 0.6 is 0 Å². The predicted molar refractivity (Wildman–Crippen MR) is 97.0 cm³/mol. The lowest BCUT2D eigenvalue weighted by Crippen LogP contribution is -2.14. The van der Waals surface area contributed by atoms with Crippen LogP contribution in [0.25, 0.3) is 0 Å². The van der Waals surface area contributed by atoms with Crippen molar-refractivity contribution in [2.75, 3.05) is 6.26 Å². The minimum Gasteiger partial charge on any atom is -0.482 e. The average molecular weight is 356 g/mol. The van der Waals surface area contributed by atoms with Gasteiger partial charge in [-0.3, -0.25) is 0 Å². The second-order valence-electron chi connectivity index (χ2n) is 6.10. The van der Waals surface area contributed by atoms with Gasteiger partial charge in [0, 0.05) is 11.8 Å². The molecule has 0 N–H and O–H groups in total. The molecule has 0 aromatic heterocycles. The van der Waals surface area contributed by atoms with Crippen LogP contribution in [0.1, 0.15) is 24.2 Å². The van der Waals surface area contributed by atoms with Crippen molar-refractivity contribution in [3.8, 4) is 5.75 Å². The van der Waals surface area contributed by atoms with Crippen LogP contribution in [0.4, 0.5) is 0 Å². The molecule has 2 aromatic carbocycles. The van der Waals surface area contributed by atoms with E-state index in [9.17, 15) is 8.42 Å². The monoisotopic (exact) mass is 356 g/mol. The molecule has 0 aliphatic carbocycles. The summed E-state index contributed by atoms with van der Waals surface area (Å²) in [4.78, 5) is 0.282. The van der Waals surface area contributed by atoms with Gasteiger partial charge >= 0.3 is 0 Å². The van der Waals surface area contributed by atoms with E-state index in [0.29, 0.717) is 5.76 Å². The van der Waals surface area contributed by atoms with Gasteiger partial charge in [0.25, 0.3) is 0 Å². The van der Waals surface area contributed by atoms with Gasteiger partial charge in [0.2, 0.25) is 0 Å². The quantitative estimate of drug-likeness (QED) is 0.818. The maximum absolute atomic E-state index is 11.6. The first-order valence-corrected chi connectivity index (χ1v) is 9.82. The van der Waals surface area contributed by atoms with Gasteiger partial charge in [0.15, 0.2) is 15.9 Å². The zero-order valence-corrected chi connectivity index (χ0v) is 15.2. The summed E-state index contributed by atoms with van der Waals surface area (Å²) >= 11 is 0. The van der Waals surface area contributed by atoms with Gasteiger partial charge in [-0.25, -0.2) is 8.42 Å². The number of sulfone groups is 1. The Labute approximate surface area is 148 Å². The van der Waals surface area contributed by atoms with Crippen molar-refractivity contribution in [1.29, 1.82) is 0 Å². The van der Waals surface area contributed by atoms with Gasteiger partial charge in [-0.15, -0.1) is 0 Å². The highest BCUT2D eigenvalue weighted by Crippen LogP contribution is 2.33. The Hall–Kier alpha value is -2.53. The van der Waals surface area contributed by atoms with Crippen LogP contribution in [0.5, 0.6) is 5.75 Å². The normalized spacial score (nSPS) is 17.3. The second kappa shape index (κ2) is 6.76. The van der Waals surface area contributed by atoms with E-state index in [0.717, 1.165) is 22.6 Å². The molecule has 1 heterocycles. The van der Waals surface area contributed by atoms with E-state index in [1.54, 1.807) is 24.3 Å². The van der Waals surface area contributed by atoms with E-state index in [-0.39, 0.29) is 4.90 Å². The fourth-order valence-electron chi connectivity index (χ4n) is 2.52. The molecule has 4 nitrogen and oxygen atoms in total. The van der Waals surface area contributed by atoms with Crippen LogP contribution in [0.2, 0.25) is 0 Å². The molecule has 1 atom stereocenters. The van der Waals surface area contributed by atoms with Crippen LogP contribution in [-0.2, 0) is 14.6 Å². The summed E-state index contributed by atoms with van der Waals surface area (Å²) in [6, 6.07) is 14.5. The minimum absolute atomic E-state index is 0.282. The Kier molecular flexibility index (Phi) is 4.68. The maximum atomic E-state index is 11.6. The van der Waals surface area contributed by atoms with Crippen molar-refractivity contribution in [2.45, 2.75) is 24.8 Å². The topological polar surface area (TPSA) is 52.6 Å². The molecule has 0 bridgehead atoms. The fraction of sp³-hybridized carbons (Fsp3) is 0.200. The van der Waals surface area contributed by atoms with Crippen molar-refractivity contribution in [1.82, 2.24) is 0 Å². The number of rotatable bonds is 4. The van der Waals surface area contributed by atoms with E-state index >= 15 is 0 Å². The number of aryl methyl sites for hydroxylation is 1. The Morgan fingerprint density at radius 1 is 0.920 bits per heavy atom. The first-order chi connectivity index (χ1) is 11.8. The summed E-state index contributed by atoms with van der Waals surface area (Å²) in [7, 11) is -3.23. The molecule has 2 aromatic rings. The molecule has 1 unspecified atom stereocenters. The lowest BCUT2D eigenvalue weighted by atomic mass is 10.1. The molecule has 130 valence electrons. The number of hydrogen-bond donors (Lipinski definition) is 0. The molecular weight excluding hydrogens is 336 g/mol. The van der Waals surface area contributed by atoms with Crippen molar-refractivity contribution in [3.05, 3.63) is 83.3 Å². The van der Waals surface area contributed by atoms with E-state index in [1.165, 1.54) is 6.26 Å². The Morgan fingerprint density at radius 2 is 1.56 bits per heavy atom. The molecule has 0 radical (unpaired) electrons. The van der Waals surface area contributed by atoms with Crippen LogP contribution in [-0.4, -0.2) is 14.7 Å². The van der Waals surface area contributed by atoms with Gasteiger partial charge in [0.1, 0.15) is 11.5 Å². The smallest absolute Gasteiger partial charge is 0.181 e. The van der Waals surface area contributed by atoms with E-state index < -0.39 is 15.9 Å². The van der Waals surface area contributed by atoms with Gasteiger partial charge in [0.05, 0.1) is 10.7 Å². The standard InChI is InChI=1S/C20H20O4S/c1-14-4-9-17(10-5-14)24-19-13-6-15(2)23-20(19)16-7-11-18(12-8-16)25(3,21)22/h4-13,20H,1-3H3. The summed E-state index contributed by atoms with van der Waals surface area (Å²) in [6.07, 6.45) is 4.51. The summed E-state index contributed by atoms with van der Waals surface area (Å²) < 4.78 is 35.2. The van der Waals surface area contributed by atoms with Crippen LogP contribution < -0.4 is 4.74 Å². The average Bonchev–Trinajstić information content (AvgIpc) is 2.58. The Bertz CT molecular complexity index is 921. The SMILES string of the molecule is CC1=CC=C(Oc2ccc(C)cc2)C(c2ccc(S(C)(=O)=O)cc2)O1. The van der Waals surface area contributed by atoms with Crippen molar-refractivity contribution < 1.29 is 17.9 Å². The Morgan fingerprint density at radius 3 is 2.16 bits per heavy atom. The lowest BCUT2D eigenvalue weighted by molar-refractivity contribution is 0.107. The molecule has 25 heavy (non-hydrogen) atoms. The first kappa shape index (κ1) is 17.3.